The molecule has 2 N–H and O–H groups in total. The van der Waals surface area contributed by atoms with E-state index in [1.807, 2.05) is 18.2 Å². The monoisotopic (exact) mass is 761 g/mol. The highest BCUT2D eigenvalue weighted by Crippen LogP contribution is 2.59. The molecule has 0 radical (unpaired) electrons. The predicted octanol–water partition coefficient (Wildman–Crippen LogP) is 6.70. The van der Waals surface area contributed by atoms with Gasteiger partial charge in [-0.15, -0.1) is 0 Å². The number of methoxy groups -OCH3 is 1. The van der Waals surface area contributed by atoms with Crippen molar-refractivity contribution < 1.29 is 37.3 Å². The number of ether oxygens (including phenoxy) is 2. The van der Waals surface area contributed by atoms with Crippen molar-refractivity contribution in [1.29, 1.82) is 0 Å². The molecule has 0 atom stereocenters. The summed E-state index contributed by atoms with van der Waals surface area (Å²) in [6.45, 7) is 1.86. The summed E-state index contributed by atoms with van der Waals surface area (Å²) in [5.74, 6) is -0.284. The lowest BCUT2D eigenvalue weighted by Gasteiger charge is -2.59. The summed E-state index contributed by atoms with van der Waals surface area (Å²) in [5, 5.41) is 13.2. The summed E-state index contributed by atoms with van der Waals surface area (Å²) in [6.07, 6.45) is 9.26. The number of nitrogens with zero attached hydrogens (tertiary/aromatic N) is 6. The van der Waals surface area contributed by atoms with Crippen LogP contribution >= 0.6 is 0 Å². The number of alkyl halides is 3. The van der Waals surface area contributed by atoms with Gasteiger partial charge in [0.2, 0.25) is 11.9 Å². The number of carbonyl (C=O) groups excluding carboxylic acids is 1. The summed E-state index contributed by atoms with van der Waals surface area (Å²) in [4.78, 5) is 47.8. The van der Waals surface area contributed by atoms with Crippen molar-refractivity contribution in [2.75, 3.05) is 36.5 Å². The fraction of sp³-hybridized carbons (Fsp3) is 0.600. The van der Waals surface area contributed by atoms with E-state index in [9.17, 15) is 27.9 Å². The molecule has 7 aliphatic rings. The maximum Gasteiger partial charge on any atom is 0.434 e. The Hall–Kier alpha value is -4.69. The molecule has 1 spiro atoms. The zero-order valence-corrected chi connectivity index (χ0v) is 30.9. The van der Waals surface area contributed by atoms with Crippen LogP contribution in [-0.2, 0) is 16.4 Å². The predicted molar refractivity (Wildman–Crippen MR) is 195 cm³/mol. The molecular weight excluding hydrogens is 715 g/mol. The van der Waals surface area contributed by atoms with E-state index >= 15 is 0 Å². The number of amides is 1. The molecule has 3 aromatic rings. The van der Waals surface area contributed by atoms with E-state index in [1.165, 1.54) is 0 Å². The number of fused-ring (bicyclic) bond motifs is 2. The summed E-state index contributed by atoms with van der Waals surface area (Å²) in [6, 6.07) is 5.78. The minimum Gasteiger partial charge on any atom is -0.494 e. The van der Waals surface area contributed by atoms with Crippen LogP contribution in [0.4, 0.5) is 30.8 Å². The van der Waals surface area contributed by atoms with Crippen molar-refractivity contribution in [2.24, 2.45) is 23.7 Å². The van der Waals surface area contributed by atoms with Crippen molar-refractivity contribution in [2.45, 2.75) is 100 Å². The van der Waals surface area contributed by atoms with Crippen LogP contribution in [0.25, 0.3) is 0 Å². The molecule has 292 valence electrons. The van der Waals surface area contributed by atoms with Crippen molar-refractivity contribution in [3.05, 3.63) is 53.6 Å². The minimum absolute atomic E-state index is 0.0251. The first-order valence-corrected chi connectivity index (χ1v) is 19.7. The van der Waals surface area contributed by atoms with E-state index in [0.29, 0.717) is 61.5 Å². The van der Waals surface area contributed by atoms with Crippen LogP contribution in [0.5, 0.6) is 11.5 Å². The van der Waals surface area contributed by atoms with Crippen LogP contribution in [-0.4, -0.2) is 75.3 Å². The summed E-state index contributed by atoms with van der Waals surface area (Å²) < 4.78 is 56.2. The fourth-order valence-corrected chi connectivity index (χ4v) is 11.2. The molecule has 55 heavy (non-hydrogen) atoms. The largest absolute Gasteiger partial charge is 0.494 e. The zero-order chi connectivity index (χ0) is 38.1. The Morgan fingerprint density at radius 2 is 1.55 bits per heavy atom. The Kier molecular flexibility index (Phi) is 8.83. The average molecular weight is 762 g/mol. The van der Waals surface area contributed by atoms with Crippen LogP contribution in [0.1, 0.15) is 98.7 Å². The van der Waals surface area contributed by atoms with Gasteiger partial charge in [-0.05, 0) is 92.4 Å². The third-order valence-corrected chi connectivity index (χ3v) is 13.6. The third kappa shape index (κ3) is 6.21. The highest BCUT2D eigenvalue weighted by molar-refractivity contribution is 5.99. The number of hydrogen-bond donors (Lipinski definition) is 2. The number of aromatic nitrogens is 4. The number of benzene rings is 1. The first kappa shape index (κ1) is 36.0. The second-order valence-corrected chi connectivity index (χ2v) is 16.7. The van der Waals surface area contributed by atoms with E-state index in [2.05, 4.69) is 30.2 Å². The van der Waals surface area contributed by atoms with Gasteiger partial charge in [0.1, 0.15) is 17.4 Å². The number of hydrogen-bond acceptors (Lipinski definition) is 10. The Balaban J connectivity index is 0.970. The van der Waals surface area contributed by atoms with Crippen LogP contribution < -0.4 is 24.6 Å². The standard InChI is InChI=1S/C40H46F3N7O5/c1-54-29-19-44-36(45-20-29)49-11-7-27(8-12-49)55-28-5-6-32-31(18-28)38(9-3-2-4-10-38)22-50(32)37-46-21-30(33(47-37)40(41,42)43)34(51)48-39(35(52)53)25-14-23-13-24(16-25)17-26(39)15-23/h5-6,18-21,23-27H,2-4,7-17,22H2,1H3,(H,48,51)(H,52,53). The Morgan fingerprint density at radius 1 is 0.891 bits per heavy atom. The Bertz CT molecular complexity index is 1930. The van der Waals surface area contributed by atoms with Gasteiger partial charge in [0.25, 0.3) is 5.91 Å². The van der Waals surface area contributed by atoms with Crippen molar-refractivity contribution in [3.8, 4) is 11.5 Å². The number of rotatable bonds is 8. The van der Waals surface area contributed by atoms with E-state index in [-0.39, 0.29) is 29.3 Å². The molecule has 1 saturated heterocycles. The second kappa shape index (κ2) is 13.5. The van der Waals surface area contributed by atoms with Crippen LogP contribution in [0, 0.1) is 23.7 Å². The van der Waals surface area contributed by atoms with Gasteiger partial charge in [0, 0.05) is 49.8 Å². The van der Waals surface area contributed by atoms with Crippen molar-refractivity contribution >= 4 is 29.5 Å². The molecule has 0 unspecified atom stereocenters. The second-order valence-electron chi connectivity index (χ2n) is 16.7. The lowest BCUT2D eigenvalue weighted by atomic mass is 9.48. The lowest BCUT2D eigenvalue weighted by molar-refractivity contribution is -0.163. The molecule has 6 fully saturated rings. The number of nitrogens with one attached hydrogen (secondary N) is 1. The van der Waals surface area contributed by atoms with E-state index in [0.717, 1.165) is 81.9 Å². The first-order chi connectivity index (χ1) is 26.5. The average Bonchev–Trinajstić information content (AvgIpc) is 3.48. The van der Waals surface area contributed by atoms with Gasteiger partial charge in [-0.3, -0.25) is 4.79 Å². The molecule has 10 rings (SSSR count). The maximum atomic E-state index is 14.8. The molecule has 4 heterocycles. The Morgan fingerprint density at radius 3 is 2.16 bits per heavy atom. The molecule has 12 nitrogen and oxygen atoms in total. The number of anilines is 3. The molecule has 2 aromatic heterocycles. The number of carboxylic acids is 1. The maximum absolute atomic E-state index is 14.8. The minimum atomic E-state index is -4.98. The lowest BCUT2D eigenvalue weighted by Crippen LogP contribution is -2.70. The molecule has 4 bridgehead atoms. The van der Waals surface area contributed by atoms with Crippen LogP contribution in [0.2, 0.25) is 0 Å². The Labute approximate surface area is 317 Å². The van der Waals surface area contributed by atoms with Gasteiger partial charge in [-0.2, -0.15) is 13.2 Å². The smallest absolute Gasteiger partial charge is 0.434 e. The molecule has 5 aliphatic carbocycles. The topological polar surface area (TPSA) is 143 Å². The number of piperidine rings is 1. The summed E-state index contributed by atoms with van der Waals surface area (Å²) in [5.41, 5.74) is -2.30. The number of carbonyl (C=O) groups is 2. The molecule has 2 aliphatic heterocycles. The van der Waals surface area contributed by atoms with E-state index in [4.69, 9.17) is 9.47 Å². The highest BCUT2D eigenvalue weighted by atomic mass is 19.4. The van der Waals surface area contributed by atoms with E-state index < -0.39 is 34.8 Å². The van der Waals surface area contributed by atoms with Gasteiger partial charge in [0.05, 0.1) is 25.1 Å². The van der Waals surface area contributed by atoms with Crippen LogP contribution in [0.15, 0.2) is 36.8 Å². The molecule has 15 heteroatoms. The quantitative estimate of drug-likeness (QED) is 0.253. The van der Waals surface area contributed by atoms with Crippen molar-refractivity contribution in [1.82, 2.24) is 25.3 Å². The molecular formula is C40H46F3N7O5. The van der Waals surface area contributed by atoms with Gasteiger partial charge >= 0.3 is 12.1 Å². The zero-order valence-electron chi connectivity index (χ0n) is 30.9. The van der Waals surface area contributed by atoms with Crippen LogP contribution in [0.3, 0.4) is 0 Å². The molecule has 1 aromatic carbocycles. The number of aliphatic carboxylic acids is 1. The normalized spacial score (nSPS) is 28.3. The van der Waals surface area contributed by atoms with Gasteiger partial charge < -0.3 is 29.7 Å². The number of carboxylic acid groups (broad SMARTS) is 1. The number of halogens is 3. The van der Waals surface area contributed by atoms with Gasteiger partial charge in [-0.1, -0.05) is 19.3 Å². The summed E-state index contributed by atoms with van der Waals surface area (Å²) >= 11 is 0. The fourth-order valence-electron chi connectivity index (χ4n) is 11.2. The molecule has 5 saturated carbocycles. The van der Waals surface area contributed by atoms with Crippen molar-refractivity contribution in [3.63, 3.8) is 0 Å². The van der Waals surface area contributed by atoms with Gasteiger partial charge in [0.15, 0.2) is 11.4 Å². The third-order valence-electron chi connectivity index (χ3n) is 13.6. The SMILES string of the molecule is COc1cnc(N2CCC(Oc3ccc4c(c3)C3(CCCCC3)CN4c3ncc(C(=O)NC4(C(=O)O)C5CC6CC(C5)CC4C6)c(C(F)(F)F)n3)CC2)nc1. The first-order valence-electron chi connectivity index (χ1n) is 19.7. The highest BCUT2D eigenvalue weighted by Gasteiger charge is 2.62. The summed E-state index contributed by atoms with van der Waals surface area (Å²) in [7, 11) is 1.58. The molecule has 1 amide bonds. The van der Waals surface area contributed by atoms with E-state index in [1.54, 1.807) is 24.4 Å². The van der Waals surface area contributed by atoms with Gasteiger partial charge in [-0.25, -0.2) is 24.7 Å².